The number of amides is 1. The van der Waals surface area contributed by atoms with Crippen LogP contribution in [0.4, 0.5) is 5.69 Å². The number of carbonyl (C=O) groups is 1. The van der Waals surface area contributed by atoms with Gasteiger partial charge >= 0.3 is 0 Å². The van der Waals surface area contributed by atoms with Crippen LogP contribution in [0.5, 0.6) is 5.75 Å². The molecule has 2 rings (SSSR count). The van der Waals surface area contributed by atoms with Gasteiger partial charge in [-0.15, -0.1) is 0 Å². The molecule has 2 aromatic carbocycles. The zero-order valence-electron chi connectivity index (χ0n) is 15.8. The van der Waals surface area contributed by atoms with Gasteiger partial charge in [0.1, 0.15) is 5.75 Å². The van der Waals surface area contributed by atoms with Crippen LogP contribution < -0.4 is 10.1 Å². The van der Waals surface area contributed by atoms with Crippen LogP contribution in [0.15, 0.2) is 41.3 Å². The number of halogens is 2. The van der Waals surface area contributed by atoms with Gasteiger partial charge in [0, 0.05) is 28.8 Å². The molecule has 152 valence electrons. The van der Waals surface area contributed by atoms with Crippen molar-refractivity contribution in [2.45, 2.75) is 25.7 Å². The number of carbonyl (C=O) groups excluding carboxylic acids is 1. The van der Waals surface area contributed by atoms with E-state index in [1.807, 2.05) is 0 Å². The quantitative estimate of drug-likeness (QED) is 0.656. The first kappa shape index (κ1) is 22.5. The van der Waals surface area contributed by atoms with E-state index in [9.17, 15) is 13.2 Å². The highest BCUT2D eigenvalue weighted by molar-refractivity contribution is 7.89. The molecule has 0 aromatic heterocycles. The zero-order valence-corrected chi connectivity index (χ0v) is 18.2. The van der Waals surface area contributed by atoms with Crippen LogP contribution in [0.1, 0.15) is 19.4 Å². The molecule has 0 heterocycles. The molecule has 0 atom stereocenters. The maximum Gasteiger partial charge on any atom is 0.262 e. The Labute approximate surface area is 175 Å². The first-order chi connectivity index (χ1) is 13.2. The molecule has 9 heteroatoms. The molecule has 0 fully saturated rings. The van der Waals surface area contributed by atoms with Gasteiger partial charge in [-0.25, -0.2) is 8.42 Å². The Kier molecular flexibility index (Phi) is 7.71. The molecule has 28 heavy (non-hydrogen) atoms. The van der Waals surface area contributed by atoms with Crippen molar-refractivity contribution < 1.29 is 17.9 Å². The largest absolute Gasteiger partial charge is 0.484 e. The number of aryl methyl sites for hydroxylation is 1. The molecule has 0 saturated carbocycles. The van der Waals surface area contributed by atoms with Crippen molar-refractivity contribution in [2.24, 2.45) is 0 Å². The maximum absolute atomic E-state index is 12.7. The normalized spacial score (nSPS) is 11.5. The van der Waals surface area contributed by atoms with E-state index in [0.717, 1.165) is 5.56 Å². The molecular formula is C19H22Cl2N2O4S. The Morgan fingerprint density at radius 2 is 1.68 bits per heavy atom. The van der Waals surface area contributed by atoms with Gasteiger partial charge in [-0.2, -0.15) is 4.31 Å². The van der Waals surface area contributed by atoms with E-state index in [4.69, 9.17) is 27.9 Å². The van der Waals surface area contributed by atoms with E-state index in [2.05, 4.69) is 5.32 Å². The molecule has 0 aliphatic rings. The van der Waals surface area contributed by atoms with Gasteiger partial charge in [0.25, 0.3) is 5.91 Å². The van der Waals surface area contributed by atoms with Crippen LogP contribution >= 0.6 is 23.2 Å². The molecule has 0 radical (unpaired) electrons. The molecule has 2 aromatic rings. The van der Waals surface area contributed by atoms with E-state index < -0.39 is 15.9 Å². The van der Waals surface area contributed by atoms with Gasteiger partial charge < -0.3 is 10.1 Å². The summed E-state index contributed by atoms with van der Waals surface area (Å²) >= 11 is 11.8. The van der Waals surface area contributed by atoms with E-state index >= 15 is 0 Å². The molecule has 1 N–H and O–H groups in total. The lowest BCUT2D eigenvalue weighted by Crippen LogP contribution is -2.30. The molecule has 0 aliphatic heterocycles. The van der Waals surface area contributed by atoms with Gasteiger partial charge in [0.15, 0.2) is 6.61 Å². The summed E-state index contributed by atoms with van der Waals surface area (Å²) < 4.78 is 32.1. The molecule has 0 bridgehead atoms. The second-order valence-corrected chi connectivity index (χ2v) is 8.82. The van der Waals surface area contributed by atoms with E-state index in [-0.39, 0.29) is 11.5 Å². The highest BCUT2D eigenvalue weighted by Crippen LogP contribution is 2.25. The Bertz CT molecular complexity index is 940. The van der Waals surface area contributed by atoms with Crippen molar-refractivity contribution in [1.82, 2.24) is 4.31 Å². The number of nitrogens with zero attached hydrogens (tertiary/aromatic N) is 1. The summed E-state index contributed by atoms with van der Waals surface area (Å²) in [6.45, 7) is 5.79. The van der Waals surface area contributed by atoms with Crippen molar-refractivity contribution in [3.8, 4) is 5.75 Å². The molecule has 6 nitrogen and oxygen atoms in total. The lowest BCUT2D eigenvalue weighted by Gasteiger charge is -2.19. The minimum atomic E-state index is -3.62. The van der Waals surface area contributed by atoms with Crippen LogP contribution in [0.2, 0.25) is 10.0 Å². The Hall–Kier alpha value is -1.80. The lowest BCUT2D eigenvalue weighted by molar-refractivity contribution is -0.118. The summed E-state index contributed by atoms with van der Waals surface area (Å²) in [6.07, 6.45) is 0. The number of benzene rings is 2. The highest BCUT2D eigenvalue weighted by Gasteiger charge is 2.22. The maximum atomic E-state index is 12.7. The molecule has 0 saturated heterocycles. The number of anilines is 1. The van der Waals surface area contributed by atoms with Crippen molar-refractivity contribution in [3.05, 3.63) is 52.0 Å². The summed E-state index contributed by atoms with van der Waals surface area (Å²) in [5.41, 5.74) is 1.14. The SMILES string of the molecule is CCN(CC)S(=O)(=O)c1ccc(C)c(NC(=O)COc2cc(Cl)cc(Cl)c2)c1. The van der Waals surface area contributed by atoms with Crippen molar-refractivity contribution in [2.75, 3.05) is 25.0 Å². The second kappa shape index (κ2) is 9.60. The average molecular weight is 445 g/mol. The summed E-state index contributed by atoms with van der Waals surface area (Å²) in [6, 6.07) is 9.29. The molecular weight excluding hydrogens is 423 g/mol. The van der Waals surface area contributed by atoms with E-state index in [0.29, 0.717) is 34.6 Å². The molecule has 0 unspecified atom stereocenters. The third-order valence-corrected chi connectivity index (χ3v) is 6.51. The van der Waals surface area contributed by atoms with Crippen molar-refractivity contribution >= 4 is 44.8 Å². The highest BCUT2D eigenvalue weighted by atomic mass is 35.5. The summed E-state index contributed by atoms with van der Waals surface area (Å²) in [7, 11) is -3.62. The standard InChI is InChI=1S/C19H22Cl2N2O4S/c1-4-23(5-2)28(25,26)17-7-6-13(3)18(11-17)22-19(24)12-27-16-9-14(20)8-15(21)10-16/h6-11H,4-5,12H2,1-3H3,(H,22,24). The third kappa shape index (κ3) is 5.61. The third-order valence-electron chi connectivity index (χ3n) is 4.03. The number of rotatable bonds is 8. The van der Waals surface area contributed by atoms with Crippen LogP contribution in [0, 0.1) is 6.92 Å². The van der Waals surface area contributed by atoms with Gasteiger partial charge in [-0.3, -0.25) is 4.79 Å². The van der Waals surface area contributed by atoms with E-state index in [1.165, 1.54) is 16.4 Å². The van der Waals surface area contributed by atoms with Gasteiger partial charge in [0.2, 0.25) is 10.0 Å². The van der Waals surface area contributed by atoms with Gasteiger partial charge in [0.05, 0.1) is 4.90 Å². The number of ether oxygens (including phenoxy) is 1. The fourth-order valence-corrected chi connectivity index (χ4v) is 4.55. The van der Waals surface area contributed by atoms with Crippen LogP contribution in [0.3, 0.4) is 0 Å². The first-order valence-corrected chi connectivity index (χ1v) is 10.9. The Morgan fingerprint density at radius 1 is 1.07 bits per heavy atom. The number of nitrogens with one attached hydrogen (secondary N) is 1. The molecule has 1 amide bonds. The smallest absolute Gasteiger partial charge is 0.262 e. The lowest BCUT2D eigenvalue weighted by atomic mass is 10.2. The minimum Gasteiger partial charge on any atom is -0.484 e. The predicted octanol–water partition coefficient (Wildman–Crippen LogP) is 4.35. The van der Waals surface area contributed by atoms with Crippen molar-refractivity contribution in [3.63, 3.8) is 0 Å². The number of hydrogen-bond donors (Lipinski definition) is 1. The Balaban J connectivity index is 2.14. The van der Waals surface area contributed by atoms with Crippen LogP contribution in [0.25, 0.3) is 0 Å². The average Bonchev–Trinajstić information content (AvgIpc) is 2.61. The number of sulfonamides is 1. The van der Waals surface area contributed by atoms with Gasteiger partial charge in [-0.1, -0.05) is 43.1 Å². The second-order valence-electron chi connectivity index (χ2n) is 6.01. The monoisotopic (exact) mass is 444 g/mol. The van der Waals surface area contributed by atoms with Crippen LogP contribution in [-0.4, -0.2) is 38.3 Å². The zero-order chi connectivity index (χ0) is 20.9. The Morgan fingerprint density at radius 3 is 2.25 bits per heavy atom. The molecule has 0 aliphatic carbocycles. The van der Waals surface area contributed by atoms with E-state index in [1.54, 1.807) is 45.0 Å². The minimum absolute atomic E-state index is 0.125. The predicted molar refractivity (Wildman–Crippen MR) is 112 cm³/mol. The topological polar surface area (TPSA) is 75.7 Å². The van der Waals surface area contributed by atoms with Crippen molar-refractivity contribution in [1.29, 1.82) is 0 Å². The molecule has 0 spiro atoms. The fraction of sp³-hybridized carbons (Fsp3) is 0.316. The first-order valence-electron chi connectivity index (χ1n) is 8.67. The summed E-state index contributed by atoms with van der Waals surface area (Å²) in [4.78, 5) is 12.4. The summed E-state index contributed by atoms with van der Waals surface area (Å²) in [5.74, 6) is -0.0705. The van der Waals surface area contributed by atoms with Gasteiger partial charge in [-0.05, 0) is 42.8 Å². The number of hydrogen-bond acceptors (Lipinski definition) is 4. The summed E-state index contributed by atoms with van der Waals surface area (Å²) in [5, 5.41) is 3.48. The fourth-order valence-electron chi connectivity index (χ4n) is 2.56. The van der Waals surface area contributed by atoms with Crippen LogP contribution in [-0.2, 0) is 14.8 Å².